The van der Waals surface area contributed by atoms with Gasteiger partial charge in [0.05, 0.1) is 6.54 Å². The summed E-state index contributed by atoms with van der Waals surface area (Å²) >= 11 is 0. The lowest BCUT2D eigenvalue weighted by molar-refractivity contribution is -0.145. The maximum Gasteiger partial charge on any atom is 0.242 e. The molecule has 4 nitrogen and oxygen atoms in total. The fraction of sp³-hybridized carbons (Fsp3) is 0.429. The normalized spacial score (nSPS) is 19.9. The molecule has 2 rings (SSSR count). The van der Waals surface area contributed by atoms with Crippen molar-refractivity contribution in [3.63, 3.8) is 0 Å². The van der Waals surface area contributed by atoms with Crippen LogP contribution >= 0.6 is 0 Å². The Morgan fingerprint density at radius 1 is 1.28 bits per heavy atom. The zero-order valence-electron chi connectivity index (χ0n) is 11.0. The molecular weight excluding hydrogens is 228 g/mol. The van der Waals surface area contributed by atoms with Gasteiger partial charge in [-0.2, -0.15) is 0 Å². The molecule has 1 aromatic rings. The molecule has 18 heavy (non-hydrogen) atoms. The maximum absolute atomic E-state index is 11.8. The molecule has 0 spiro atoms. The van der Waals surface area contributed by atoms with E-state index in [2.05, 4.69) is 18.3 Å². The van der Waals surface area contributed by atoms with E-state index in [0.717, 1.165) is 5.56 Å². The summed E-state index contributed by atoms with van der Waals surface area (Å²) in [4.78, 5) is 25.0. The van der Waals surface area contributed by atoms with E-state index in [-0.39, 0.29) is 18.4 Å². The second kappa shape index (κ2) is 4.80. The van der Waals surface area contributed by atoms with Crippen molar-refractivity contribution in [2.24, 2.45) is 0 Å². The molecule has 1 heterocycles. The number of carbonyl (C=O) groups is 2. The molecule has 0 aromatic heterocycles. The van der Waals surface area contributed by atoms with Crippen LogP contribution in [0.4, 0.5) is 0 Å². The second-order valence-electron chi connectivity index (χ2n) is 4.83. The highest BCUT2D eigenvalue weighted by atomic mass is 16.2. The molecule has 0 aliphatic carbocycles. The highest BCUT2D eigenvalue weighted by Gasteiger charge is 2.30. The molecule has 2 amide bonds. The van der Waals surface area contributed by atoms with Crippen molar-refractivity contribution in [2.75, 3.05) is 6.54 Å². The van der Waals surface area contributed by atoms with Crippen LogP contribution in [0.3, 0.4) is 0 Å². The highest BCUT2D eigenvalue weighted by molar-refractivity contribution is 5.94. The molecule has 1 aromatic carbocycles. The lowest BCUT2D eigenvalue weighted by Crippen LogP contribution is -2.56. The number of hydrogen-bond donors (Lipinski definition) is 1. The monoisotopic (exact) mass is 246 g/mol. The van der Waals surface area contributed by atoms with Gasteiger partial charge < -0.3 is 10.2 Å². The fourth-order valence-electron chi connectivity index (χ4n) is 2.09. The number of amides is 2. The first-order valence-electron chi connectivity index (χ1n) is 6.12. The number of piperazine rings is 1. The number of carbonyl (C=O) groups excluding carboxylic acids is 2. The first-order valence-corrected chi connectivity index (χ1v) is 6.12. The van der Waals surface area contributed by atoms with Crippen LogP contribution in [-0.4, -0.2) is 29.3 Å². The molecule has 1 N–H and O–H groups in total. The quantitative estimate of drug-likeness (QED) is 0.851. The van der Waals surface area contributed by atoms with Crippen LogP contribution in [0, 0.1) is 13.8 Å². The molecule has 1 unspecified atom stereocenters. The Morgan fingerprint density at radius 2 is 2.00 bits per heavy atom. The van der Waals surface area contributed by atoms with Crippen molar-refractivity contribution in [3.05, 3.63) is 34.9 Å². The van der Waals surface area contributed by atoms with E-state index >= 15 is 0 Å². The molecule has 1 fully saturated rings. The van der Waals surface area contributed by atoms with E-state index < -0.39 is 6.04 Å². The molecule has 1 aliphatic rings. The van der Waals surface area contributed by atoms with Gasteiger partial charge in [0.2, 0.25) is 11.8 Å². The van der Waals surface area contributed by atoms with E-state index in [1.165, 1.54) is 11.1 Å². The minimum Gasteiger partial charge on any atom is -0.345 e. The fourth-order valence-corrected chi connectivity index (χ4v) is 2.09. The molecular formula is C14H18N2O2. The smallest absolute Gasteiger partial charge is 0.242 e. The van der Waals surface area contributed by atoms with Gasteiger partial charge in [-0.25, -0.2) is 0 Å². The topological polar surface area (TPSA) is 49.4 Å². The van der Waals surface area contributed by atoms with Gasteiger partial charge in [-0.05, 0) is 37.5 Å². The van der Waals surface area contributed by atoms with Crippen LogP contribution in [0.2, 0.25) is 0 Å². The molecule has 0 bridgehead atoms. The van der Waals surface area contributed by atoms with E-state index in [0.29, 0.717) is 6.54 Å². The molecule has 0 saturated carbocycles. The Bertz CT molecular complexity index is 497. The van der Waals surface area contributed by atoms with Crippen molar-refractivity contribution in [1.82, 2.24) is 10.2 Å². The number of aryl methyl sites for hydroxylation is 2. The van der Waals surface area contributed by atoms with Gasteiger partial charge in [0.25, 0.3) is 0 Å². The van der Waals surface area contributed by atoms with Gasteiger partial charge in [-0.15, -0.1) is 0 Å². The Morgan fingerprint density at radius 3 is 2.67 bits per heavy atom. The Hall–Kier alpha value is -1.84. The van der Waals surface area contributed by atoms with Crippen molar-refractivity contribution >= 4 is 11.8 Å². The van der Waals surface area contributed by atoms with Crippen LogP contribution in [0.5, 0.6) is 0 Å². The van der Waals surface area contributed by atoms with Crippen molar-refractivity contribution in [3.8, 4) is 0 Å². The van der Waals surface area contributed by atoms with E-state index in [9.17, 15) is 9.59 Å². The molecule has 4 heteroatoms. The number of nitrogens with zero attached hydrogens (tertiary/aromatic N) is 1. The Kier molecular flexibility index (Phi) is 3.36. The highest BCUT2D eigenvalue weighted by Crippen LogP contribution is 2.15. The van der Waals surface area contributed by atoms with E-state index in [4.69, 9.17) is 0 Å². The van der Waals surface area contributed by atoms with Gasteiger partial charge in [-0.1, -0.05) is 18.2 Å². The van der Waals surface area contributed by atoms with Gasteiger partial charge in [0.15, 0.2) is 0 Å². The lowest BCUT2D eigenvalue weighted by Gasteiger charge is -2.32. The molecule has 0 radical (unpaired) electrons. The summed E-state index contributed by atoms with van der Waals surface area (Å²) in [6, 6.07) is 5.73. The summed E-state index contributed by atoms with van der Waals surface area (Å²) in [6.45, 7) is 6.46. The van der Waals surface area contributed by atoms with Crippen LogP contribution in [-0.2, 0) is 16.1 Å². The third kappa shape index (κ3) is 2.37. The number of nitrogens with one attached hydrogen (secondary N) is 1. The zero-order chi connectivity index (χ0) is 13.3. The maximum atomic E-state index is 11.8. The zero-order valence-corrected chi connectivity index (χ0v) is 11.0. The molecule has 96 valence electrons. The largest absolute Gasteiger partial charge is 0.345 e. The van der Waals surface area contributed by atoms with Crippen molar-refractivity contribution in [2.45, 2.75) is 33.4 Å². The summed E-state index contributed by atoms with van der Waals surface area (Å²) in [5.41, 5.74) is 3.50. The Labute approximate surface area is 107 Å². The minimum absolute atomic E-state index is 0.0275. The van der Waals surface area contributed by atoms with Crippen LogP contribution in [0.15, 0.2) is 18.2 Å². The standard InChI is InChI=1S/C14H18N2O2/c1-9-4-5-12(6-10(9)2)8-16-11(3)14(18)15-7-13(16)17/h4-6,11H,7-8H2,1-3H3,(H,15,18). The third-order valence-corrected chi connectivity index (χ3v) is 3.51. The number of hydrogen-bond acceptors (Lipinski definition) is 2. The first kappa shape index (κ1) is 12.6. The number of benzene rings is 1. The SMILES string of the molecule is Cc1ccc(CN2C(=O)CNC(=O)C2C)cc1C. The van der Waals surface area contributed by atoms with Gasteiger partial charge >= 0.3 is 0 Å². The summed E-state index contributed by atoms with van der Waals surface area (Å²) < 4.78 is 0. The third-order valence-electron chi connectivity index (χ3n) is 3.51. The summed E-state index contributed by atoms with van der Waals surface area (Å²) in [6.07, 6.45) is 0. The molecule has 1 aliphatic heterocycles. The average molecular weight is 246 g/mol. The van der Waals surface area contributed by atoms with Crippen molar-refractivity contribution < 1.29 is 9.59 Å². The molecule has 1 atom stereocenters. The van der Waals surface area contributed by atoms with Gasteiger partial charge in [0, 0.05) is 6.54 Å². The van der Waals surface area contributed by atoms with Crippen LogP contribution < -0.4 is 5.32 Å². The second-order valence-corrected chi connectivity index (χ2v) is 4.83. The van der Waals surface area contributed by atoms with E-state index in [1.54, 1.807) is 11.8 Å². The predicted octanol–water partition coefficient (Wildman–Crippen LogP) is 1.15. The summed E-state index contributed by atoms with van der Waals surface area (Å²) in [7, 11) is 0. The van der Waals surface area contributed by atoms with Crippen LogP contribution in [0.25, 0.3) is 0 Å². The number of rotatable bonds is 2. The van der Waals surface area contributed by atoms with Crippen LogP contribution in [0.1, 0.15) is 23.6 Å². The predicted molar refractivity (Wildman–Crippen MR) is 68.9 cm³/mol. The summed E-state index contributed by atoms with van der Waals surface area (Å²) in [5, 5.41) is 2.59. The van der Waals surface area contributed by atoms with Crippen molar-refractivity contribution in [1.29, 1.82) is 0 Å². The van der Waals surface area contributed by atoms with Gasteiger partial charge in [-0.3, -0.25) is 9.59 Å². The average Bonchev–Trinajstić information content (AvgIpc) is 2.34. The molecule has 1 saturated heterocycles. The minimum atomic E-state index is -0.396. The van der Waals surface area contributed by atoms with E-state index in [1.807, 2.05) is 19.1 Å². The Balaban J connectivity index is 2.18. The first-order chi connectivity index (χ1) is 8.49. The lowest BCUT2D eigenvalue weighted by atomic mass is 10.0. The summed E-state index contributed by atoms with van der Waals surface area (Å²) in [5.74, 6) is -0.112. The van der Waals surface area contributed by atoms with Gasteiger partial charge in [0.1, 0.15) is 6.04 Å².